The lowest BCUT2D eigenvalue weighted by molar-refractivity contribution is 0.592. The van der Waals surface area contributed by atoms with E-state index in [1.165, 1.54) is 0 Å². The molecule has 0 spiro atoms. The third kappa shape index (κ3) is 4.52. The molecular weight excluding hydrogens is 567 g/mol. The van der Waals surface area contributed by atoms with Gasteiger partial charge in [0.25, 0.3) is 0 Å². The number of nitrogens with zero attached hydrogens (tertiary/aromatic N) is 2. The van der Waals surface area contributed by atoms with Gasteiger partial charge in [-0.05, 0) is 34.7 Å². The van der Waals surface area contributed by atoms with Gasteiger partial charge in [-0.1, -0.05) is 158 Å². The molecule has 1 aromatic heterocycles. The van der Waals surface area contributed by atoms with Crippen LogP contribution in [0.15, 0.2) is 176 Å². The molecular formula is C41H29N2OP. The van der Waals surface area contributed by atoms with Crippen molar-refractivity contribution in [1.82, 2.24) is 9.78 Å². The maximum Gasteiger partial charge on any atom is 0.171 e. The highest BCUT2D eigenvalue weighted by molar-refractivity contribution is 7.85. The summed E-state index contributed by atoms with van der Waals surface area (Å²) < 4.78 is 17.8. The zero-order valence-corrected chi connectivity index (χ0v) is 25.4. The number of hydrogen-bond donors (Lipinski definition) is 0. The van der Waals surface area contributed by atoms with Gasteiger partial charge >= 0.3 is 0 Å². The van der Waals surface area contributed by atoms with Crippen LogP contribution in [0, 0.1) is 0 Å². The average Bonchev–Trinajstić information content (AvgIpc) is 3.54. The van der Waals surface area contributed by atoms with Gasteiger partial charge in [0.2, 0.25) is 0 Å². The van der Waals surface area contributed by atoms with Crippen LogP contribution in [0.4, 0.5) is 0 Å². The van der Waals surface area contributed by atoms with Crippen molar-refractivity contribution in [2.75, 3.05) is 0 Å². The van der Waals surface area contributed by atoms with E-state index < -0.39 is 7.14 Å². The Kier molecular flexibility index (Phi) is 6.74. The minimum Gasteiger partial charge on any atom is -0.309 e. The first-order valence-corrected chi connectivity index (χ1v) is 16.8. The monoisotopic (exact) mass is 596 g/mol. The summed E-state index contributed by atoms with van der Waals surface area (Å²) in [6, 6.07) is 59.4. The van der Waals surface area contributed by atoms with E-state index in [9.17, 15) is 0 Å². The lowest BCUT2D eigenvalue weighted by Crippen LogP contribution is -2.25. The van der Waals surface area contributed by atoms with Crippen LogP contribution >= 0.6 is 7.14 Å². The summed E-state index contributed by atoms with van der Waals surface area (Å²) in [4.78, 5) is 0. The molecule has 3 nitrogen and oxygen atoms in total. The molecule has 8 rings (SSSR count). The first kappa shape index (κ1) is 27.1. The molecule has 1 heterocycles. The molecule has 8 aromatic rings. The molecule has 0 aliphatic rings. The third-order valence-corrected chi connectivity index (χ3v) is 11.6. The Bertz CT molecular complexity index is 2270. The van der Waals surface area contributed by atoms with Gasteiger partial charge in [0.05, 0.1) is 11.2 Å². The highest BCUT2D eigenvalue weighted by atomic mass is 31.2. The molecule has 7 aromatic carbocycles. The molecule has 0 aliphatic carbocycles. The molecule has 0 N–H and O–H groups in total. The molecule has 0 radical (unpaired) electrons. The minimum atomic E-state index is -3.28. The molecule has 0 atom stereocenters. The normalized spacial score (nSPS) is 11.6. The molecule has 0 saturated heterocycles. The highest BCUT2D eigenvalue weighted by Crippen LogP contribution is 2.47. The molecule has 0 amide bonds. The van der Waals surface area contributed by atoms with Gasteiger partial charge in [-0.15, -0.1) is 0 Å². The van der Waals surface area contributed by atoms with Crippen molar-refractivity contribution in [3.8, 4) is 28.1 Å². The van der Waals surface area contributed by atoms with Crippen LogP contribution in [0.25, 0.3) is 49.7 Å². The summed E-state index contributed by atoms with van der Waals surface area (Å²) >= 11 is 0. The van der Waals surface area contributed by atoms with Gasteiger partial charge in [0.1, 0.15) is 5.69 Å². The molecule has 0 unspecified atom stereocenters. The van der Waals surface area contributed by atoms with E-state index in [2.05, 4.69) is 77.5 Å². The Morgan fingerprint density at radius 1 is 0.489 bits per heavy atom. The van der Waals surface area contributed by atoms with Gasteiger partial charge in [0, 0.05) is 32.2 Å². The lowest BCUT2D eigenvalue weighted by Gasteiger charge is -2.22. The molecule has 45 heavy (non-hydrogen) atoms. The number of aromatic nitrogens is 2. The number of rotatable bonds is 6. The second kappa shape index (κ2) is 11.2. The van der Waals surface area contributed by atoms with Crippen LogP contribution in [0.3, 0.4) is 0 Å². The second-order valence-corrected chi connectivity index (χ2v) is 13.9. The maximum absolute atomic E-state index is 15.8. The van der Waals surface area contributed by atoms with Crippen molar-refractivity contribution in [3.05, 3.63) is 176 Å². The van der Waals surface area contributed by atoms with E-state index in [0.717, 1.165) is 65.7 Å². The topological polar surface area (TPSA) is 34.9 Å². The molecule has 214 valence electrons. The Morgan fingerprint density at radius 2 is 1.00 bits per heavy atom. The number of benzene rings is 7. The van der Waals surface area contributed by atoms with E-state index >= 15 is 4.57 Å². The Labute approximate surface area is 262 Å². The van der Waals surface area contributed by atoms with Crippen LogP contribution in [0.1, 0.15) is 0 Å². The Balaban J connectivity index is 1.57. The molecule has 4 heteroatoms. The number of para-hydroxylation sites is 1. The van der Waals surface area contributed by atoms with E-state index in [1.807, 2.05) is 103 Å². The summed E-state index contributed by atoms with van der Waals surface area (Å²) in [5.74, 6) is 0. The van der Waals surface area contributed by atoms with Gasteiger partial charge in [0.15, 0.2) is 7.14 Å². The largest absolute Gasteiger partial charge is 0.309 e. The van der Waals surface area contributed by atoms with Crippen LogP contribution in [0.5, 0.6) is 0 Å². The van der Waals surface area contributed by atoms with E-state index in [4.69, 9.17) is 5.10 Å². The van der Waals surface area contributed by atoms with E-state index in [0.29, 0.717) is 0 Å². The van der Waals surface area contributed by atoms with Crippen molar-refractivity contribution in [1.29, 1.82) is 0 Å². The smallest absolute Gasteiger partial charge is 0.171 e. The third-order valence-electron chi connectivity index (χ3n) is 8.49. The fourth-order valence-corrected chi connectivity index (χ4v) is 9.29. The van der Waals surface area contributed by atoms with E-state index in [1.54, 1.807) is 0 Å². The van der Waals surface area contributed by atoms with Gasteiger partial charge < -0.3 is 4.57 Å². The standard InChI is InChI=1S/C41H29N2OP/c44-45(33-23-12-4-13-24-33,34-25-14-5-15-26-34)38-28-16-27-35-37(38)29-36(30-17-6-1-7-18-30)39-40(31-19-8-2-9-20-31)42-43(41(35)39)32-21-10-3-11-22-32/h1-29H. The van der Waals surface area contributed by atoms with E-state index in [-0.39, 0.29) is 0 Å². The first-order chi connectivity index (χ1) is 22.2. The van der Waals surface area contributed by atoms with Crippen molar-refractivity contribution in [2.45, 2.75) is 0 Å². The zero-order valence-electron chi connectivity index (χ0n) is 24.5. The summed E-state index contributed by atoms with van der Waals surface area (Å²) in [5.41, 5.74) is 6.05. The number of hydrogen-bond acceptors (Lipinski definition) is 2. The predicted molar refractivity (Wildman–Crippen MR) is 189 cm³/mol. The van der Waals surface area contributed by atoms with Crippen molar-refractivity contribution >= 4 is 44.7 Å². The zero-order chi connectivity index (χ0) is 30.2. The van der Waals surface area contributed by atoms with Crippen molar-refractivity contribution in [3.63, 3.8) is 0 Å². The highest BCUT2D eigenvalue weighted by Gasteiger charge is 2.32. The molecule has 0 bridgehead atoms. The fraction of sp³-hybridized carbons (Fsp3) is 0. The molecule has 0 aliphatic heterocycles. The number of fused-ring (bicyclic) bond motifs is 3. The lowest BCUT2D eigenvalue weighted by atomic mass is 9.94. The Hall–Kier alpha value is -5.50. The SMILES string of the molecule is O=P(c1ccccc1)(c1ccccc1)c1cccc2c1cc(-c1ccccc1)c1c(-c3ccccc3)nn(-c3ccccc3)c12. The fourth-order valence-electron chi connectivity index (χ4n) is 6.43. The average molecular weight is 597 g/mol. The first-order valence-electron chi connectivity index (χ1n) is 15.1. The maximum atomic E-state index is 15.8. The molecule has 0 saturated carbocycles. The van der Waals surface area contributed by atoms with Crippen LogP contribution < -0.4 is 15.9 Å². The van der Waals surface area contributed by atoms with Crippen molar-refractivity contribution < 1.29 is 4.57 Å². The second-order valence-electron chi connectivity index (χ2n) is 11.1. The summed E-state index contributed by atoms with van der Waals surface area (Å²) in [6.07, 6.45) is 0. The quantitative estimate of drug-likeness (QED) is 0.180. The molecule has 0 fully saturated rings. The predicted octanol–water partition coefficient (Wildman–Crippen LogP) is 9.15. The summed E-state index contributed by atoms with van der Waals surface area (Å²) in [7, 11) is -3.28. The minimum absolute atomic E-state index is 0.812. The van der Waals surface area contributed by atoms with Crippen LogP contribution in [0.2, 0.25) is 0 Å². The van der Waals surface area contributed by atoms with Crippen LogP contribution in [-0.4, -0.2) is 9.78 Å². The van der Waals surface area contributed by atoms with Crippen LogP contribution in [-0.2, 0) is 4.57 Å². The summed E-state index contributed by atoms with van der Waals surface area (Å²) in [5, 5.41) is 10.8. The van der Waals surface area contributed by atoms with Crippen molar-refractivity contribution in [2.24, 2.45) is 0 Å². The van der Waals surface area contributed by atoms with Gasteiger partial charge in [-0.25, -0.2) is 4.68 Å². The summed E-state index contributed by atoms with van der Waals surface area (Å²) in [6.45, 7) is 0. The van der Waals surface area contributed by atoms with Gasteiger partial charge in [-0.3, -0.25) is 0 Å². The Morgan fingerprint density at radius 3 is 1.58 bits per heavy atom. The van der Waals surface area contributed by atoms with Gasteiger partial charge in [-0.2, -0.15) is 5.10 Å².